The molecule has 6 heteroatoms. The summed E-state index contributed by atoms with van der Waals surface area (Å²) in [7, 11) is 0. The van der Waals surface area contributed by atoms with Crippen LogP contribution in [0, 0.1) is 0 Å². The molecule has 4 rings (SSSR count). The number of nitrogens with zero attached hydrogens (tertiary/aromatic N) is 1. The minimum absolute atomic E-state index is 0.289. The average molecular weight is 412 g/mol. The maximum absolute atomic E-state index is 12.3. The number of anilines is 1. The van der Waals surface area contributed by atoms with Crippen LogP contribution in [0.2, 0.25) is 0 Å². The van der Waals surface area contributed by atoms with Crippen molar-refractivity contribution in [3.8, 4) is 0 Å². The summed E-state index contributed by atoms with van der Waals surface area (Å²) in [6.07, 6.45) is 3.28. The molecule has 31 heavy (non-hydrogen) atoms. The molecule has 154 valence electrons. The molecular formula is C25H20N2O4. The maximum atomic E-state index is 12.3. The van der Waals surface area contributed by atoms with Gasteiger partial charge < -0.3 is 14.5 Å². The van der Waals surface area contributed by atoms with Gasteiger partial charge in [-0.3, -0.25) is 4.79 Å². The minimum atomic E-state index is -0.657. The maximum Gasteiger partial charge on any atom is 0.331 e. The number of hydrogen-bond donors (Lipinski definition) is 1. The van der Waals surface area contributed by atoms with Crippen LogP contribution in [0.5, 0.6) is 0 Å². The summed E-state index contributed by atoms with van der Waals surface area (Å²) in [4.78, 5) is 28.4. The number of hydrogen-bond acceptors (Lipinski definition) is 5. The fourth-order valence-electron chi connectivity index (χ4n) is 3.08. The molecule has 0 saturated carbocycles. The molecule has 3 aromatic carbocycles. The smallest absolute Gasteiger partial charge is 0.331 e. The number of carbonyl (C=O) groups excluding carboxylic acids is 2. The second-order valence-electron chi connectivity index (χ2n) is 6.83. The van der Waals surface area contributed by atoms with E-state index in [4.69, 9.17) is 9.15 Å². The predicted octanol–water partition coefficient (Wildman–Crippen LogP) is 4.61. The van der Waals surface area contributed by atoms with Crippen LogP contribution in [0.15, 0.2) is 89.4 Å². The summed E-state index contributed by atoms with van der Waals surface area (Å²) in [6, 6.07) is 24.8. The highest BCUT2D eigenvalue weighted by Crippen LogP contribution is 2.19. The van der Waals surface area contributed by atoms with Crippen molar-refractivity contribution in [3.63, 3.8) is 0 Å². The van der Waals surface area contributed by atoms with Crippen LogP contribution in [-0.4, -0.2) is 23.5 Å². The molecule has 6 nitrogen and oxygen atoms in total. The number of carbonyl (C=O) groups is 2. The zero-order chi connectivity index (χ0) is 21.5. The summed E-state index contributed by atoms with van der Waals surface area (Å²) in [6.45, 7) is -0.392. The van der Waals surface area contributed by atoms with E-state index >= 15 is 0 Å². The number of benzene rings is 3. The van der Waals surface area contributed by atoms with Gasteiger partial charge >= 0.3 is 5.97 Å². The van der Waals surface area contributed by atoms with Gasteiger partial charge in [0.15, 0.2) is 12.2 Å². The molecule has 0 aliphatic heterocycles. The molecule has 1 N–H and O–H groups in total. The Hall–Kier alpha value is -4.19. The van der Waals surface area contributed by atoms with Gasteiger partial charge in [0, 0.05) is 17.8 Å². The standard InChI is InChI=1S/C25H20N2O4/c28-23(26-20-11-5-4-10-19(20)16-18-8-2-1-3-9-18)17-30-25(29)15-14-24-27-21-12-6-7-13-22(21)31-24/h1-15H,16-17H2,(H,26,28)/b15-14+. The zero-order valence-electron chi connectivity index (χ0n) is 16.7. The predicted molar refractivity (Wildman–Crippen MR) is 118 cm³/mol. The molecule has 0 bridgehead atoms. The summed E-state index contributed by atoms with van der Waals surface area (Å²) < 4.78 is 10.5. The molecule has 0 aliphatic carbocycles. The number of ether oxygens (including phenoxy) is 1. The number of para-hydroxylation sites is 3. The van der Waals surface area contributed by atoms with Crippen molar-refractivity contribution in [2.45, 2.75) is 6.42 Å². The van der Waals surface area contributed by atoms with Crippen LogP contribution in [0.1, 0.15) is 17.0 Å². The number of aromatic nitrogens is 1. The SMILES string of the molecule is O=C(COC(=O)/C=C/c1nc2ccccc2o1)Nc1ccccc1Cc1ccccc1. The number of nitrogens with one attached hydrogen (secondary N) is 1. The van der Waals surface area contributed by atoms with Crippen molar-refractivity contribution >= 4 is 34.7 Å². The number of fused-ring (bicyclic) bond motifs is 1. The lowest BCUT2D eigenvalue weighted by molar-refractivity contribution is -0.142. The van der Waals surface area contributed by atoms with Gasteiger partial charge in [-0.1, -0.05) is 60.7 Å². The molecule has 0 aliphatic rings. The normalized spacial score (nSPS) is 11.0. The van der Waals surface area contributed by atoms with Gasteiger partial charge in [0.1, 0.15) is 5.52 Å². The van der Waals surface area contributed by atoms with Crippen LogP contribution in [0.3, 0.4) is 0 Å². The first kappa shape index (κ1) is 20.1. The molecular weight excluding hydrogens is 392 g/mol. The van der Waals surface area contributed by atoms with Crippen LogP contribution in [0.25, 0.3) is 17.2 Å². The van der Waals surface area contributed by atoms with E-state index in [1.165, 1.54) is 12.2 Å². The number of amides is 1. The summed E-state index contributed by atoms with van der Waals surface area (Å²) in [5, 5.41) is 2.81. The van der Waals surface area contributed by atoms with E-state index in [1.54, 1.807) is 6.07 Å². The zero-order valence-corrected chi connectivity index (χ0v) is 16.7. The summed E-state index contributed by atoms with van der Waals surface area (Å²) in [5.74, 6) is -0.781. The van der Waals surface area contributed by atoms with E-state index < -0.39 is 18.5 Å². The highest BCUT2D eigenvalue weighted by molar-refractivity contribution is 5.95. The van der Waals surface area contributed by atoms with Crippen LogP contribution >= 0.6 is 0 Å². The molecule has 1 heterocycles. The first-order valence-electron chi connectivity index (χ1n) is 9.79. The van der Waals surface area contributed by atoms with Crippen LogP contribution < -0.4 is 5.32 Å². The Kier molecular flexibility index (Phi) is 6.18. The molecule has 0 saturated heterocycles. The Morgan fingerprint density at radius 2 is 1.68 bits per heavy atom. The third-order valence-electron chi connectivity index (χ3n) is 4.55. The Morgan fingerprint density at radius 1 is 0.935 bits per heavy atom. The van der Waals surface area contributed by atoms with Crippen molar-refractivity contribution in [1.82, 2.24) is 4.98 Å². The second-order valence-corrected chi connectivity index (χ2v) is 6.83. The lowest BCUT2D eigenvalue weighted by Gasteiger charge is -2.11. The van der Waals surface area contributed by atoms with E-state index in [0.717, 1.165) is 11.1 Å². The van der Waals surface area contributed by atoms with Gasteiger partial charge in [-0.25, -0.2) is 9.78 Å². The fraction of sp³-hybridized carbons (Fsp3) is 0.0800. The summed E-state index contributed by atoms with van der Waals surface area (Å²) in [5.41, 5.74) is 4.13. The molecule has 0 radical (unpaired) electrons. The first-order valence-corrected chi connectivity index (χ1v) is 9.79. The van der Waals surface area contributed by atoms with E-state index in [0.29, 0.717) is 23.2 Å². The van der Waals surface area contributed by atoms with Crippen molar-refractivity contribution in [2.75, 3.05) is 11.9 Å². The summed E-state index contributed by atoms with van der Waals surface area (Å²) >= 11 is 0. The number of oxazole rings is 1. The van der Waals surface area contributed by atoms with Crippen molar-refractivity contribution < 1.29 is 18.7 Å². The quantitative estimate of drug-likeness (QED) is 0.354. The van der Waals surface area contributed by atoms with Crippen molar-refractivity contribution in [1.29, 1.82) is 0 Å². The van der Waals surface area contributed by atoms with Gasteiger partial charge in [-0.2, -0.15) is 0 Å². The van der Waals surface area contributed by atoms with Crippen LogP contribution in [0.4, 0.5) is 5.69 Å². The molecule has 0 unspecified atom stereocenters. The van der Waals surface area contributed by atoms with Crippen molar-refractivity contribution in [3.05, 3.63) is 102 Å². The van der Waals surface area contributed by atoms with Gasteiger partial charge in [0.2, 0.25) is 5.89 Å². The molecule has 0 atom stereocenters. The van der Waals surface area contributed by atoms with E-state index in [2.05, 4.69) is 10.3 Å². The molecule has 1 amide bonds. The Morgan fingerprint density at radius 3 is 2.52 bits per heavy atom. The van der Waals surface area contributed by atoms with Crippen molar-refractivity contribution in [2.24, 2.45) is 0 Å². The monoisotopic (exact) mass is 412 g/mol. The average Bonchev–Trinajstić information content (AvgIpc) is 3.21. The van der Waals surface area contributed by atoms with E-state index in [9.17, 15) is 9.59 Å². The first-order chi connectivity index (χ1) is 15.2. The molecule has 4 aromatic rings. The lowest BCUT2D eigenvalue weighted by atomic mass is 10.0. The van der Waals surface area contributed by atoms with Gasteiger partial charge in [-0.05, 0) is 35.7 Å². The highest BCUT2D eigenvalue weighted by Gasteiger charge is 2.10. The number of rotatable bonds is 7. The lowest BCUT2D eigenvalue weighted by Crippen LogP contribution is -2.20. The Bertz CT molecular complexity index is 1200. The molecule has 1 aromatic heterocycles. The number of esters is 1. The molecule has 0 spiro atoms. The minimum Gasteiger partial charge on any atom is -0.452 e. The fourth-order valence-corrected chi connectivity index (χ4v) is 3.08. The Labute approximate surface area is 179 Å². The van der Waals surface area contributed by atoms with Gasteiger partial charge in [0.05, 0.1) is 0 Å². The third kappa shape index (κ3) is 5.45. The van der Waals surface area contributed by atoms with Crippen LogP contribution in [-0.2, 0) is 20.7 Å². The van der Waals surface area contributed by atoms with Gasteiger partial charge in [-0.15, -0.1) is 0 Å². The van der Waals surface area contributed by atoms with E-state index in [-0.39, 0.29) is 5.89 Å². The van der Waals surface area contributed by atoms with Gasteiger partial charge in [0.25, 0.3) is 5.91 Å². The second kappa shape index (κ2) is 9.54. The molecule has 0 fully saturated rings. The Balaban J connectivity index is 1.31. The topological polar surface area (TPSA) is 81.4 Å². The largest absolute Gasteiger partial charge is 0.452 e. The third-order valence-corrected chi connectivity index (χ3v) is 4.55. The highest BCUT2D eigenvalue weighted by atomic mass is 16.5. The van der Waals surface area contributed by atoms with E-state index in [1.807, 2.05) is 72.8 Å².